The van der Waals surface area contributed by atoms with Crippen molar-refractivity contribution in [2.45, 2.75) is 52.0 Å². The topological polar surface area (TPSA) is 145 Å². The van der Waals surface area contributed by atoms with Crippen LogP contribution in [0.3, 0.4) is 0 Å². The first-order valence-corrected chi connectivity index (χ1v) is 15.6. The molecule has 2 aromatic carbocycles. The molecule has 0 radical (unpaired) electrons. The minimum Gasteiger partial charge on any atom is -0.296 e. The van der Waals surface area contributed by atoms with Crippen LogP contribution in [-0.4, -0.2) is 49.2 Å². The zero-order chi connectivity index (χ0) is 29.6. The molecule has 13 heteroatoms. The summed E-state index contributed by atoms with van der Waals surface area (Å²) in [6, 6.07) is 11.6. The lowest BCUT2D eigenvalue weighted by Crippen LogP contribution is -2.36. The Morgan fingerprint density at radius 1 is 1.10 bits per heavy atom. The number of fused-ring (bicyclic) bond motifs is 1. The number of hydrogen-bond donors (Lipinski definition) is 1. The Morgan fingerprint density at radius 3 is 2.50 bits per heavy atom. The number of aromatic nitrogens is 6. The number of H-pyrrole nitrogens is 1. The molecule has 1 aliphatic rings. The maximum absolute atomic E-state index is 15.8. The minimum absolute atomic E-state index is 0.00474. The summed E-state index contributed by atoms with van der Waals surface area (Å²) in [5, 5.41) is 8.34. The number of benzene rings is 2. The van der Waals surface area contributed by atoms with Gasteiger partial charge in [0.1, 0.15) is 21.5 Å². The Bertz CT molecular complexity index is 2030. The lowest BCUT2D eigenvalue weighted by molar-refractivity contribution is 0.388. The summed E-state index contributed by atoms with van der Waals surface area (Å²) < 4.78 is 47.9. The monoisotopic (exact) mass is 592 g/mol. The number of aryl methyl sites for hydroxylation is 2. The van der Waals surface area contributed by atoms with Crippen molar-refractivity contribution in [3.8, 4) is 22.5 Å². The molecule has 0 amide bonds. The molecule has 0 saturated carbocycles. The molecule has 218 valence electrons. The van der Waals surface area contributed by atoms with Crippen LogP contribution in [0.15, 0.2) is 56.6 Å². The fourth-order valence-corrected chi connectivity index (χ4v) is 7.17. The minimum atomic E-state index is -3.15. The van der Waals surface area contributed by atoms with Gasteiger partial charge in [0.15, 0.2) is 5.82 Å². The van der Waals surface area contributed by atoms with Crippen molar-refractivity contribution in [3.05, 3.63) is 91.8 Å². The number of nitrogens with zero attached hydrogens (tertiary/aromatic N) is 5. The summed E-state index contributed by atoms with van der Waals surface area (Å²) in [5.41, 5.74) is 2.89. The fourth-order valence-electron chi connectivity index (χ4n) is 5.70. The molecule has 42 heavy (non-hydrogen) atoms. The second-order valence-electron chi connectivity index (χ2n) is 10.6. The van der Waals surface area contributed by atoms with Gasteiger partial charge in [-0.2, -0.15) is 10.1 Å². The van der Waals surface area contributed by atoms with Crippen molar-refractivity contribution in [2.75, 3.05) is 11.5 Å². The van der Waals surface area contributed by atoms with Crippen LogP contribution < -0.4 is 11.3 Å². The fraction of sp³-hybridized carbons (Fsp3) is 0.345. The van der Waals surface area contributed by atoms with Gasteiger partial charge in [-0.25, -0.2) is 22.1 Å². The molecule has 1 N–H and O–H groups in total. The third-order valence-corrected chi connectivity index (χ3v) is 9.44. The Labute approximate surface area is 240 Å². The van der Waals surface area contributed by atoms with Gasteiger partial charge in [-0.1, -0.05) is 54.9 Å². The van der Waals surface area contributed by atoms with Crippen LogP contribution in [0.2, 0.25) is 0 Å². The van der Waals surface area contributed by atoms with Crippen LogP contribution in [0.25, 0.3) is 28.3 Å². The summed E-state index contributed by atoms with van der Waals surface area (Å²) in [6.45, 7) is 3.74. The number of nitrogens with one attached hydrogen (secondary N) is 1. The number of sulfone groups is 1. The van der Waals surface area contributed by atoms with E-state index in [-0.39, 0.29) is 35.4 Å². The SMILES string of the molecule is CCCc1c(Cc2ccc(-c3ccccc3-c3noc(=O)[nH]3)cc2F)c(=O)n(C2CCS(=O)(=O)CC2)c2nc(C)nn12. The highest BCUT2D eigenvalue weighted by atomic mass is 32.2. The second-order valence-corrected chi connectivity index (χ2v) is 12.9. The summed E-state index contributed by atoms with van der Waals surface area (Å²) >= 11 is 0. The molecule has 1 fully saturated rings. The molecule has 0 spiro atoms. The number of rotatable bonds is 7. The van der Waals surface area contributed by atoms with E-state index in [2.05, 4.69) is 24.7 Å². The van der Waals surface area contributed by atoms with E-state index >= 15 is 4.39 Å². The maximum Gasteiger partial charge on any atom is 0.439 e. The smallest absolute Gasteiger partial charge is 0.296 e. The van der Waals surface area contributed by atoms with Gasteiger partial charge in [-0.05, 0) is 48.9 Å². The molecule has 11 nitrogen and oxygen atoms in total. The maximum atomic E-state index is 15.8. The van der Waals surface area contributed by atoms with Crippen LogP contribution in [0.5, 0.6) is 0 Å². The predicted octanol–water partition coefficient (Wildman–Crippen LogP) is 3.64. The quantitative estimate of drug-likeness (QED) is 0.302. The molecule has 6 rings (SSSR count). The molecular formula is C29H29FN6O5S. The highest BCUT2D eigenvalue weighted by Crippen LogP contribution is 2.32. The van der Waals surface area contributed by atoms with Gasteiger partial charge in [0.05, 0.1) is 17.2 Å². The first-order valence-electron chi connectivity index (χ1n) is 13.8. The standard InChI is InChI=1S/C29H29FN6O5S/c1-3-6-25-23(27(37)35(28-31-17(2)33-36(25)28)20-11-13-42(39,40)14-12-20)15-19-10-9-18(16-24(19)30)21-7-4-5-8-22(21)26-32-29(38)41-34-26/h4-5,7-10,16,20H,3,6,11-15H2,1-2H3,(H,32,34,38). The first-order chi connectivity index (χ1) is 20.1. The van der Waals surface area contributed by atoms with E-state index in [4.69, 9.17) is 0 Å². The van der Waals surface area contributed by atoms with Crippen molar-refractivity contribution in [1.29, 1.82) is 0 Å². The third kappa shape index (κ3) is 5.08. The molecule has 0 aliphatic carbocycles. The Kier molecular flexibility index (Phi) is 7.13. The predicted molar refractivity (Wildman–Crippen MR) is 154 cm³/mol. The highest BCUT2D eigenvalue weighted by Gasteiger charge is 2.30. The van der Waals surface area contributed by atoms with Gasteiger partial charge in [0.25, 0.3) is 5.56 Å². The van der Waals surface area contributed by atoms with Gasteiger partial charge in [0.2, 0.25) is 5.78 Å². The van der Waals surface area contributed by atoms with Crippen LogP contribution >= 0.6 is 0 Å². The molecule has 0 unspecified atom stereocenters. The average Bonchev–Trinajstić information content (AvgIpc) is 3.57. The van der Waals surface area contributed by atoms with E-state index in [1.165, 1.54) is 6.07 Å². The summed E-state index contributed by atoms with van der Waals surface area (Å²) in [4.78, 5) is 32.7. The van der Waals surface area contributed by atoms with E-state index in [1.807, 2.05) is 6.92 Å². The van der Waals surface area contributed by atoms with E-state index < -0.39 is 21.4 Å². The van der Waals surface area contributed by atoms with Crippen molar-refractivity contribution in [1.82, 2.24) is 29.3 Å². The van der Waals surface area contributed by atoms with Crippen molar-refractivity contribution >= 4 is 15.6 Å². The van der Waals surface area contributed by atoms with Gasteiger partial charge in [0, 0.05) is 23.6 Å². The van der Waals surface area contributed by atoms with E-state index in [1.54, 1.807) is 52.4 Å². The van der Waals surface area contributed by atoms with Crippen LogP contribution in [0.1, 0.15) is 54.9 Å². The molecular weight excluding hydrogens is 563 g/mol. The van der Waals surface area contributed by atoms with Crippen LogP contribution in [-0.2, 0) is 22.7 Å². The summed E-state index contributed by atoms with van der Waals surface area (Å²) in [7, 11) is -3.15. The average molecular weight is 593 g/mol. The first kappa shape index (κ1) is 27.8. The molecule has 4 heterocycles. The highest BCUT2D eigenvalue weighted by molar-refractivity contribution is 7.91. The Morgan fingerprint density at radius 2 is 1.83 bits per heavy atom. The van der Waals surface area contributed by atoms with Crippen molar-refractivity contribution in [3.63, 3.8) is 0 Å². The molecule has 0 atom stereocenters. The normalized spacial score (nSPS) is 15.4. The number of halogens is 1. The van der Waals surface area contributed by atoms with E-state index in [9.17, 15) is 18.0 Å². The zero-order valence-electron chi connectivity index (χ0n) is 23.1. The van der Waals surface area contributed by atoms with Gasteiger partial charge < -0.3 is 0 Å². The lowest BCUT2D eigenvalue weighted by Gasteiger charge is -2.26. The lowest BCUT2D eigenvalue weighted by atomic mass is 9.95. The van der Waals surface area contributed by atoms with Gasteiger partial charge >= 0.3 is 5.76 Å². The number of hydrogen-bond acceptors (Lipinski definition) is 8. The zero-order valence-corrected chi connectivity index (χ0v) is 23.9. The number of aromatic amines is 1. The molecule has 1 aliphatic heterocycles. The molecule has 0 bridgehead atoms. The Hall–Kier alpha value is -4.39. The summed E-state index contributed by atoms with van der Waals surface area (Å²) in [5.74, 6) is -0.0927. The van der Waals surface area contributed by atoms with Crippen LogP contribution in [0.4, 0.5) is 4.39 Å². The van der Waals surface area contributed by atoms with Crippen LogP contribution in [0, 0.1) is 12.7 Å². The second kappa shape index (κ2) is 10.8. The van der Waals surface area contributed by atoms with Crippen molar-refractivity contribution < 1.29 is 17.3 Å². The van der Waals surface area contributed by atoms with Gasteiger partial charge in [-0.15, -0.1) is 0 Å². The molecule has 5 aromatic rings. The molecule has 3 aromatic heterocycles. The van der Waals surface area contributed by atoms with Gasteiger partial charge in [-0.3, -0.25) is 18.9 Å². The molecule has 1 saturated heterocycles. The largest absolute Gasteiger partial charge is 0.439 e. The van der Waals surface area contributed by atoms with E-state index in [0.29, 0.717) is 64.4 Å². The third-order valence-electron chi connectivity index (χ3n) is 7.72. The van der Waals surface area contributed by atoms with E-state index in [0.717, 1.165) is 6.42 Å². The Balaban J connectivity index is 1.44. The summed E-state index contributed by atoms with van der Waals surface area (Å²) in [6.07, 6.45) is 1.89. The van der Waals surface area contributed by atoms with Crippen molar-refractivity contribution in [2.24, 2.45) is 0 Å².